The van der Waals surface area contributed by atoms with Gasteiger partial charge in [0, 0.05) is 11.3 Å². The number of anilines is 1. The van der Waals surface area contributed by atoms with Crippen molar-refractivity contribution in [2.75, 3.05) is 5.73 Å². The molecule has 1 aliphatic carbocycles. The number of nitrogens with zero attached hydrogens (tertiary/aromatic N) is 1. The molecule has 0 spiro atoms. The number of aromatic nitrogens is 1. The Labute approximate surface area is 119 Å². The Kier molecular flexibility index (Phi) is 6.20. The Morgan fingerprint density at radius 3 is 2.33 bits per heavy atom. The van der Waals surface area contributed by atoms with Crippen molar-refractivity contribution < 1.29 is 31.0 Å². The van der Waals surface area contributed by atoms with Crippen LogP contribution in [-0.4, -0.2) is 4.98 Å². The smallest absolute Gasteiger partial charge is 1.00 e. The third-order valence-electron chi connectivity index (χ3n) is 3.06. The average molecular weight is 234 g/mol. The molecule has 2 rings (SSSR count). The summed E-state index contributed by atoms with van der Waals surface area (Å²) in [5.74, 6) is 0.684. The van der Waals surface area contributed by atoms with Crippen molar-refractivity contribution in [2.45, 2.75) is 50.9 Å². The summed E-state index contributed by atoms with van der Waals surface area (Å²) in [4.78, 5) is 4.40. The molecule has 0 amide bonds. The number of nitrogen functional groups attached to an aromatic ring is 1. The van der Waals surface area contributed by atoms with Crippen LogP contribution in [0.1, 0.15) is 58.0 Å². The summed E-state index contributed by atoms with van der Waals surface area (Å²) >= 11 is 1.58. The Hall–Kier alpha value is 0.430. The first-order valence-corrected chi connectivity index (χ1v) is 6.45. The molecule has 1 aromatic heterocycles. The number of hydrogen-bond donors (Lipinski definition) is 1. The van der Waals surface area contributed by atoms with Gasteiger partial charge in [-0.2, -0.15) is 0 Å². The van der Waals surface area contributed by atoms with Crippen LogP contribution in [0.2, 0.25) is 0 Å². The van der Waals surface area contributed by atoms with Gasteiger partial charge in [-0.3, -0.25) is 0 Å². The van der Waals surface area contributed by atoms with E-state index >= 15 is 0 Å². The van der Waals surface area contributed by atoms with Crippen LogP contribution < -0.4 is 35.3 Å². The van der Waals surface area contributed by atoms with E-state index in [9.17, 15) is 0 Å². The molecule has 0 aromatic carbocycles. The minimum absolute atomic E-state index is 0. The van der Waals surface area contributed by atoms with E-state index in [1.807, 2.05) is 0 Å². The minimum Gasteiger partial charge on any atom is -1.00 e. The van der Waals surface area contributed by atoms with E-state index in [1.165, 1.54) is 50.6 Å². The van der Waals surface area contributed by atoms with Gasteiger partial charge in [-0.1, -0.05) is 32.1 Å². The number of rotatable bonds is 1. The summed E-state index contributed by atoms with van der Waals surface area (Å²) in [6, 6.07) is 0. The summed E-state index contributed by atoms with van der Waals surface area (Å²) in [5.41, 5.74) is 6.91. The van der Waals surface area contributed by atoms with Gasteiger partial charge in [0.15, 0.2) is 5.13 Å². The predicted molar refractivity (Wildman–Crippen MR) is 62.7 cm³/mol. The Morgan fingerprint density at radius 1 is 1.20 bits per heavy atom. The van der Waals surface area contributed by atoms with E-state index in [-0.39, 0.29) is 31.0 Å². The molecule has 1 aromatic rings. The van der Waals surface area contributed by atoms with Crippen LogP contribution in [0.4, 0.5) is 5.13 Å². The molecular weight excluding hydrogens is 215 g/mol. The fourth-order valence-electron chi connectivity index (χ4n) is 2.24. The van der Waals surface area contributed by atoms with Crippen molar-refractivity contribution in [1.29, 1.82) is 0 Å². The van der Waals surface area contributed by atoms with E-state index in [4.69, 9.17) is 5.73 Å². The topological polar surface area (TPSA) is 38.9 Å². The molecule has 2 nitrogen and oxygen atoms in total. The first-order chi connectivity index (χ1) is 6.86. The molecule has 80 valence electrons. The van der Waals surface area contributed by atoms with E-state index in [2.05, 4.69) is 10.4 Å². The molecule has 1 aliphatic rings. The van der Waals surface area contributed by atoms with Crippen LogP contribution in [0.3, 0.4) is 0 Å². The molecule has 4 heteroatoms. The van der Waals surface area contributed by atoms with Gasteiger partial charge < -0.3 is 7.16 Å². The van der Waals surface area contributed by atoms with E-state index < -0.39 is 0 Å². The van der Waals surface area contributed by atoms with Crippen molar-refractivity contribution in [2.24, 2.45) is 0 Å². The van der Waals surface area contributed by atoms with Crippen LogP contribution in [0.15, 0.2) is 5.38 Å². The standard InChI is InChI=1S/C11H18N2S.Na.H/c12-11-13-10(8-14-11)9-6-4-2-1-3-5-7-9;;/h8-9H,1-7H2,(H2,12,13);;/q;+1;-1. The molecule has 1 heterocycles. The van der Waals surface area contributed by atoms with Gasteiger partial charge in [0.25, 0.3) is 0 Å². The maximum atomic E-state index is 5.66. The second kappa shape index (κ2) is 6.89. The predicted octanol–water partition coefficient (Wildman–Crippen LogP) is 0.670. The van der Waals surface area contributed by atoms with Gasteiger partial charge in [-0.25, -0.2) is 4.98 Å². The first-order valence-electron chi connectivity index (χ1n) is 5.57. The van der Waals surface area contributed by atoms with Gasteiger partial charge in [0.1, 0.15) is 0 Å². The molecule has 15 heavy (non-hydrogen) atoms. The molecule has 2 N–H and O–H groups in total. The summed E-state index contributed by atoms with van der Waals surface area (Å²) in [6.07, 6.45) is 9.56. The molecule has 1 fully saturated rings. The van der Waals surface area contributed by atoms with Crippen molar-refractivity contribution >= 4 is 16.5 Å². The largest absolute Gasteiger partial charge is 1.00 e. The maximum Gasteiger partial charge on any atom is 1.00 e. The monoisotopic (exact) mass is 234 g/mol. The van der Waals surface area contributed by atoms with Gasteiger partial charge in [-0.15, -0.1) is 11.3 Å². The zero-order chi connectivity index (χ0) is 9.80. The molecule has 0 saturated heterocycles. The van der Waals surface area contributed by atoms with Gasteiger partial charge in [0.05, 0.1) is 5.69 Å². The van der Waals surface area contributed by atoms with Crippen LogP contribution in [0.25, 0.3) is 0 Å². The normalized spacial score (nSPS) is 18.9. The van der Waals surface area contributed by atoms with Crippen LogP contribution >= 0.6 is 11.3 Å². The molecule has 1 saturated carbocycles. The quantitative estimate of drug-likeness (QED) is 0.725. The SMILES string of the molecule is Nc1nc(C2CCCCCCC2)cs1.[H-].[Na+]. The maximum absolute atomic E-state index is 5.66. The average Bonchev–Trinajstić information content (AvgIpc) is 2.51. The Morgan fingerprint density at radius 2 is 1.80 bits per heavy atom. The number of hydrogen-bond acceptors (Lipinski definition) is 3. The van der Waals surface area contributed by atoms with Crippen molar-refractivity contribution in [1.82, 2.24) is 4.98 Å². The van der Waals surface area contributed by atoms with Gasteiger partial charge in [-0.05, 0) is 12.8 Å². The van der Waals surface area contributed by atoms with E-state index in [0.717, 1.165) is 5.13 Å². The molecule has 0 unspecified atom stereocenters. The fraction of sp³-hybridized carbons (Fsp3) is 0.727. The third kappa shape index (κ3) is 4.06. The van der Waals surface area contributed by atoms with Crippen molar-refractivity contribution in [3.63, 3.8) is 0 Å². The second-order valence-electron chi connectivity index (χ2n) is 4.15. The zero-order valence-corrected chi connectivity index (χ0v) is 12.4. The van der Waals surface area contributed by atoms with E-state index in [1.54, 1.807) is 11.3 Å². The summed E-state index contributed by atoms with van der Waals surface area (Å²) in [7, 11) is 0. The Bertz CT molecular complexity index is 285. The second-order valence-corrected chi connectivity index (χ2v) is 5.04. The van der Waals surface area contributed by atoms with Crippen LogP contribution in [0, 0.1) is 0 Å². The molecule has 0 aliphatic heterocycles. The summed E-state index contributed by atoms with van der Waals surface area (Å²) in [6.45, 7) is 0. The molecule has 0 radical (unpaired) electrons. The first kappa shape index (κ1) is 13.5. The van der Waals surface area contributed by atoms with Crippen LogP contribution in [-0.2, 0) is 0 Å². The zero-order valence-electron chi connectivity index (χ0n) is 10.5. The summed E-state index contributed by atoms with van der Waals surface area (Å²) < 4.78 is 0. The number of thiazole rings is 1. The summed E-state index contributed by atoms with van der Waals surface area (Å²) in [5, 5.41) is 2.86. The fourth-order valence-corrected chi connectivity index (χ4v) is 2.88. The molecule has 0 atom stereocenters. The van der Waals surface area contributed by atoms with Gasteiger partial charge in [0.2, 0.25) is 0 Å². The van der Waals surface area contributed by atoms with Crippen molar-refractivity contribution in [3.05, 3.63) is 11.1 Å². The molecular formula is C11H19N2NaS. The third-order valence-corrected chi connectivity index (χ3v) is 3.76. The van der Waals surface area contributed by atoms with Crippen LogP contribution in [0.5, 0.6) is 0 Å². The molecule has 0 bridgehead atoms. The number of nitrogens with two attached hydrogens (primary N) is 1. The van der Waals surface area contributed by atoms with Gasteiger partial charge >= 0.3 is 29.6 Å². The Balaban J connectivity index is 0.00000112. The van der Waals surface area contributed by atoms with Crippen molar-refractivity contribution in [3.8, 4) is 0 Å². The minimum atomic E-state index is 0. The van der Waals surface area contributed by atoms with E-state index in [0.29, 0.717) is 5.92 Å².